The molecule has 0 bridgehead atoms. The molecule has 2 rings (SSSR count). The zero-order valence-electron chi connectivity index (χ0n) is 14.9. The summed E-state index contributed by atoms with van der Waals surface area (Å²) in [6.07, 6.45) is -4.52. The van der Waals surface area contributed by atoms with Crippen molar-refractivity contribution >= 4 is 18.3 Å². The van der Waals surface area contributed by atoms with Crippen LogP contribution in [0.4, 0.5) is 22.0 Å². The first-order valence-corrected chi connectivity index (χ1v) is 8.15. The molecule has 160 valence electrons. The van der Waals surface area contributed by atoms with E-state index in [1.54, 1.807) is 0 Å². The van der Waals surface area contributed by atoms with Crippen LogP contribution in [0.15, 0.2) is 18.2 Å². The van der Waals surface area contributed by atoms with Gasteiger partial charge in [-0.25, -0.2) is 0 Å². The number of rotatable bonds is 7. The largest absolute Gasteiger partial charge is 0.493 e. The van der Waals surface area contributed by atoms with E-state index in [-0.39, 0.29) is 42.6 Å². The van der Waals surface area contributed by atoms with Gasteiger partial charge in [0.1, 0.15) is 6.04 Å². The predicted octanol–water partition coefficient (Wildman–Crippen LogP) is 2.28. The summed E-state index contributed by atoms with van der Waals surface area (Å²) in [6.45, 7) is -2.54. The number of hydrogen-bond acceptors (Lipinski definition) is 5. The maximum atomic E-state index is 13.3. The van der Waals surface area contributed by atoms with Crippen molar-refractivity contribution in [2.45, 2.75) is 18.8 Å². The summed E-state index contributed by atoms with van der Waals surface area (Å²) < 4.78 is 74.0. The fourth-order valence-electron chi connectivity index (χ4n) is 2.74. The third kappa shape index (κ3) is 6.64. The predicted molar refractivity (Wildman–Crippen MR) is 93.5 cm³/mol. The van der Waals surface area contributed by atoms with Crippen LogP contribution < -0.4 is 20.1 Å². The number of nitrogens with zero attached hydrogens (tertiary/aromatic N) is 1. The van der Waals surface area contributed by atoms with E-state index in [4.69, 9.17) is 4.74 Å². The summed E-state index contributed by atoms with van der Waals surface area (Å²) in [5.41, 5.74) is -0.118. The fraction of sp³-hybridized carbons (Fsp3) is 0.562. The number of benzene rings is 1. The average Bonchev–Trinajstić information content (AvgIpc) is 2.61. The molecule has 1 aliphatic rings. The first kappa shape index (κ1) is 24.2. The number of methoxy groups -OCH3 is 1. The molecular formula is C16H21ClF5N3O3. The molecule has 0 saturated carbocycles. The normalized spacial score (nSPS) is 16.2. The molecular weight excluding hydrogens is 413 g/mol. The molecule has 1 amide bonds. The van der Waals surface area contributed by atoms with Gasteiger partial charge in [0.25, 0.3) is 5.91 Å². The van der Waals surface area contributed by atoms with E-state index >= 15 is 0 Å². The number of hydrogen-bond donors (Lipinski definition) is 2. The summed E-state index contributed by atoms with van der Waals surface area (Å²) in [6, 6.07) is 1.64. The summed E-state index contributed by atoms with van der Waals surface area (Å²) in [4.78, 5) is 13.4. The van der Waals surface area contributed by atoms with Crippen LogP contribution in [-0.4, -0.2) is 69.5 Å². The van der Waals surface area contributed by atoms with Crippen LogP contribution in [0.5, 0.6) is 11.5 Å². The van der Waals surface area contributed by atoms with Crippen LogP contribution in [0.1, 0.15) is 10.4 Å². The van der Waals surface area contributed by atoms with Gasteiger partial charge < -0.3 is 20.1 Å². The molecule has 1 aromatic rings. The molecule has 0 aliphatic carbocycles. The minimum Gasteiger partial charge on any atom is -0.493 e. The number of nitrogens with one attached hydrogen (secondary N) is 2. The lowest BCUT2D eigenvalue weighted by Crippen LogP contribution is -2.57. The Morgan fingerprint density at radius 1 is 1.25 bits per heavy atom. The minimum atomic E-state index is -4.52. The summed E-state index contributed by atoms with van der Waals surface area (Å²) in [7, 11) is 1.23. The fourth-order valence-corrected chi connectivity index (χ4v) is 2.74. The minimum absolute atomic E-state index is 0. The van der Waals surface area contributed by atoms with Gasteiger partial charge in [0.05, 0.1) is 7.11 Å². The lowest BCUT2D eigenvalue weighted by molar-refractivity contribution is -0.183. The molecule has 1 heterocycles. The van der Waals surface area contributed by atoms with E-state index in [0.29, 0.717) is 13.1 Å². The molecule has 1 saturated heterocycles. The maximum Gasteiger partial charge on any atom is 0.405 e. The van der Waals surface area contributed by atoms with Gasteiger partial charge in [0.15, 0.2) is 11.5 Å². The number of amides is 1. The Morgan fingerprint density at radius 2 is 1.89 bits per heavy atom. The summed E-state index contributed by atoms with van der Waals surface area (Å²) in [5.74, 6) is -1.24. The van der Waals surface area contributed by atoms with Crippen molar-refractivity contribution in [3.8, 4) is 11.5 Å². The van der Waals surface area contributed by atoms with Gasteiger partial charge in [0, 0.05) is 38.3 Å². The van der Waals surface area contributed by atoms with Crippen molar-refractivity contribution in [2.75, 3.05) is 39.8 Å². The standard InChI is InChI=1S/C16H20F5N3O3.ClH/c1-26-11-3-2-10(8-12(11)27-15(17)18)14(25)23-9-13(16(19,20)21)24-6-4-22-5-7-24;/h2-3,8,13,15,22H,4-7,9H2,1H3,(H,23,25);1H. The quantitative estimate of drug-likeness (QED) is 0.646. The third-order valence-corrected chi connectivity index (χ3v) is 4.07. The lowest BCUT2D eigenvalue weighted by atomic mass is 10.1. The Balaban J connectivity index is 0.00000392. The second-order valence-corrected chi connectivity index (χ2v) is 5.80. The molecule has 1 fully saturated rings. The number of alkyl halides is 5. The van der Waals surface area contributed by atoms with Crippen molar-refractivity contribution in [1.29, 1.82) is 0 Å². The van der Waals surface area contributed by atoms with E-state index in [1.807, 2.05) is 0 Å². The van der Waals surface area contributed by atoms with Crippen LogP contribution in [0.3, 0.4) is 0 Å². The molecule has 1 aromatic carbocycles. The molecule has 28 heavy (non-hydrogen) atoms. The van der Waals surface area contributed by atoms with Gasteiger partial charge in [-0.05, 0) is 18.2 Å². The number of carbonyl (C=O) groups is 1. The number of piperazine rings is 1. The van der Waals surface area contributed by atoms with Crippen LogP contribution in [-0.2, 0) is 0 Å². The average molecular weight is 434 g/mol. The van der Waals surface area contributed by atoms with Crippen molar-refractivity contribution in [3.63, 3.8) is 0 Å². The highest BCUT2D eigenvalue weighted by molar-refractivity contribution is 5.94. The first-order chi connectivity index (χ1) is 12.7. The first-order valence-electron chi connectivity index (χ1n) is 8.15. The van der Waals surface area contributed by atoms with Crippen molar-refractivity contribution < 1.29 is 36.2 Å². The topological polar surface area (TPSA) is 62.8 Å². The smallest absolute Gasteiger partial charge is 0.405 e. The summed E-state index contributed by atoms with van der Waals surface area (Å²) >= 11 is 0. The molecule has 0 aromatic heterocycles. The Bertz CT molecular complexity index is 642. The lowest BCUT2D eigenvalue weighted by Gasteiger charge is -2.35. The molecule has 2 N–H and O–H groups in total. The van der Waals surface area contributed by atoms with E-state index in [0.717, 1.165) is 6.07 Å². The van der Waals surface area contributed by atoms with Crippen LogP contribution in [0, 0.1) is 0 Å². The van der Waals surface area contributed by atoms with Gasteiger partial charge in [-0.15, -0.1) is 12.4 Å². The van der Waals surface area contributed by atoms with Gasteiger partial charge in [-0.1, -0.05) is 0 Å². The molecule has 1 atom stereocenters. The van der Waals surface area contributed by atoms with Crippen LogP contribution in [0.2, 0.25) is 0 Å². The number of carbonyl (C=O) groups excluding carboxylic acids is 1. The SMILES string of the molecule is COc1ccc(C(=O)NCC(N2CCNCC2)C(F)(F)F)cc1OC(F)F.Cl. The highest BCUT2D eigenvalue weighted by Gasteiger charge is 2.43. The Hall–Kier alpha value is -1.85. The highest BCUT2D eigenvalue weighted by Crippen LogP contribution is 2.30. The number of halogens is 6. The van der Waals surface area contributed by atoms with E-state index in [9.17, 15) is 26.7 Å². The maximum absolute atomic E-state index is 13.3. The van der Waals surface area contributed by atoms with Gasteiger partial charge in [-0.3, -0.25) is 9.69 Å². The molecule has 0 radical (unpaired) electrons. The van der Waals surface area contributed by atoms with E-state index < -0.39 is 31.3 Å². The molecule has 0 spiro atoms. The third-order valence-electron chi connectivity index (χ3n) is 4.07. The van der Waals surface area contributed by atoms with Crippen LogP contribution >= 0.6 is 12.4 Å². The van der Waals surface area contributed by atoms with Crippen molar-refractivity contribution in [3.05, 3.63) is 23.8 Å². The van der Waals surface area contributed by atoms with Gasteiger partial charge in [-0.2, -0.15) is 22.0 Å². The molecule has 1 unspecified atom stereocenters. The molecule has 12 heteroatoms. The Morgan fingerprint density at radius 3 is 2.43 bits per heavy atom. The zero-order valence-corrected chi connectivity index (χ0v) is 15.7. The van der Waals surface area contributed by atoms with Crippen molar-refractivity contribution in [1.82, 2.24) is 15.5 Å². The summed E-state index contributed by atoms with van der Waals surface area (Å²) in [5, 5.41) is 5.18. The van der Waals surface area contributed by atoms with Gasteiger partial charge >= 0.3 is 12.8 Å². The zero-order chi connectivity index (χ0) is 20.0. The second kappa shape index (κ2) is 10.6. The Labute approximate surface area is 164 Å². The highest BCUT2D eigenvalue weighted by atomic mass is 35.5. The Kier molecular flexibility index (Phi) is 9.18. The molecule has 6 nitrogen and oxygen atoms in total. The molecule has 1 aliphatic heterocycles. The monoisotopic (exact) mass is 433 g/mol. The number of ether oxygens (including phenoxy) is 2. The van der Waals surface area contributed by atoms with E-state index in [1.165, 1.54) is 24.1 Å². The van der Waals surface area contributed by atoms with E-state index in [2.05, 4.69) is 15.4 Å². The van der Waals surface area contributed by atoms with Crippen molar-refractivity contribution in [2.24, 2.45) is 0 Å². The van der Waals surface area contributed by atoms with Crippen LogP contribution in [0.25, 0.3) is 0 Å². The van der Waals surface area contributed by atoms with Gasteiger partial charge in [0.2, 0.25) is 0 Å². The second-order valence-electron chi connectivity index (χ2n) is 5.80.